The van der Waals surface area contributed by atoms with E-state index in [1.165, 1.54) is 77.0 Å². The van der Waals surface area contributed by atoms with Crippen LogP contribution in [0.5, 0.6) is 0 Å². The first-order chi connectivity index (χ1) is 18.1. The fourth-order valence-corrected chi connectivity index (χ4v) is 5.10. The third-order valence-electron chi connectivity index (χ3n) is 6.94. The van der Waals surface area contributed by atoms with Crippen LogP contribution >= 0.6 is 7.82 Å². The topological polar surface area (TPSA) is 168 Å². The van der Waals surface area contributed by atoms with E-state index in [0.717, 1.165) is 32.1 Å². The fraction of sp³-hybridized carbons (Fsp3) is 0.929. The number of allylic oxidation sites excluding steroid dienone is 2. The quantitative estimate of drug-likeness (QED) is 0.0414. The van der Waals surface area contributed by atoms with Gasteiger partial charge in [0.05, 0.1) is 12.7 Å². The average Bonchev–Trinajstić information content (AvgIpc) is 2.88. The molecule has 0 aliphatic rings. The van der Waals surface area contributed by atoms with Crippen molar-refractivity contribution in [2.24, 2.45) is 0 Å². The molecule has 0 aliphatic carbocycles. The zero-order valence-corrected chi connectivity index (χ0v) is 24.5. The van der Waals surface area contributed by atoms with Crippen molar-refractivity contribution in [1.82, 2.24) is 0 Å². The van der Waals surface area contributed by atoms with Gasteiger partial charge in [-0.3, -0.25) is 4.52 Å². The second kappa shape index (κ2) is 24.4. The van der Waals surface area contributed by atoms with E-state index in [2.05, 4.69) is 23.6 Å². The van der Waals surface area contributed by atoms with Crippen LogP contribution in [0, 0.1) is 0 Å². The van der Waals surface area contributed by atoms with Crippen LogP contribution in [0.15, 0.2) is 12.2 Å². The summed E-state index contributed by atoms with van der Waals surface area (Å²) in [6, 6.07) is 0. The first-order valence-electron chi connectivity index (χ1n) is 14.9. The smallest absolute Gasteiger partial charge is 0.394 e. The first kappa shape index (κ1) is 37.6. The van der Waals surface area contributed by atoms with E-state index in [1.807, 2.05) is 0 Å². The average molecular weight is 569 g/mol. The van der Waals surface area contributed by atoms with Crippen LogP contribution in [0.3, 0.4) is 0 Å². The van der Waals surface area contributed by atoms with Crippen LogP contribution in [0.25, 0.3) is 0 Å². The monoisotopic (exact) mass is 568 g/mol. The summed E-state index contributed by atoms with van der Waals surface area (Å²) in [6.45, 7) is 1.41. The maximum Gasteiger partial charge on any atom is 0.469 e. The van der Waals surface area contributed by atoms with Crippen LogP contribution in [-0.4, -0.2) is 72.4 Å². The Morgan fingerprint density at radius 2 is 1.05 bits per heavy atom. The second-order valence-corrected chi connectivity index (χ2v) is 11.7. The van der Waals surface area contributed by atoms with Crippen molar-refractivity contribution in [2.45, 2.75) is 159 Å². The van der Waals surface area contributed by atoms with Gasteiger partial charge in [0.2, 0.25) is 0 Å². The summed E-state index contributed by atoms with van der Waals surface area (Å²) in [6.07, 6.45) is 17.0. The summed E-state index contributed by atoms with van der Waals surface area (Å²) in [5.74, 6) is 0. The Bertz CT molecular complexity index is 599. The second-order valence-electron chi connectivity index (χ2n) is 10.5. The van der Waals surface area contributed by atoms with Crippen LogP contribution in [-0.2, 0) is 9.09 Å². The van der Waals surface area contributed by atoms with E-state index in [9.17, 15) is 25.0 Å². The molecule has 0 aliphatic heterocycles. The van der Waals surface area contributed by atoms with Crippen molar-refractivity contribution in [2.75, 3.05) is 6.61 Å². The van der Waals surface area contributed by atoms with Gasteiger partial charge in [0, 0.05) is 0 Å². The molecule has 0 aromatic rings. The molecule has 5 atom stereocenters. The molecule has 0 rings (SSSR count). The third kappa shape index (κ3) is 21.5. The molecule has 0 amide bonds. The molecular formula is C28H57O9P. The molecule has 0 aromatic carbocycles. The Hall–Kier alpha value is -0.350. The molecule has 0 radical (unpaired) electrons. The Morgan fingerprint density at radius 3 is 1.47 bits per heavy atom. The summed E-state index contributed by atoms with van der Waals surface area (Å²) >= 11 is 0. The van der Waals surface area contributed by atoms with Gasteiger partial charge in [-0.15, -0.1) is 0 Å². The number of aliphatic hydroxyl groups is 5. The number of unbranched alkanes of at least 4 members (excludes halogenated alkanes) is 16. The Kier molecular flexibility index (Phi) is 24.2. The van der Waals surface area contributed by atoms with Gasteiger partial charge in [-0.2, -0.15) is 0 Å². The molecule has 0 bridgehead atoms. The molecular weight excluding hydrogens is 511 g/mol. The standard InChI is InChI=1S/C28H57O9P/c1-2-3-4-5-6-7-8-9-10-11-12-13-14-15-16-17-18-19-20-21-22-25(37-38(34,35)36)27(32)28(33)26(31)24(30)23-29/h10-11,24-33H,2-9,12-23H2,1H3,(H2,34,35,36)/t24-,25?,26-,27-,28+/m1/s1. The molecule has 1 unspecified atom stereocenters. The molecule has 9 nitrogen and oxygen atoms in total. The highest BCUT2D eigenvalue weighted by Gasteiger charge is 2.37. The van der Waals surface area contributed by atoms with E-state index in [0.29, 0.717) is 6.42 Å². The predicted molar refractivity (Wildman–Crippen MR) is 151 cm³/mol. The minimum atomic E-state index is -4.94. The number of aliphatic hydroxyl groups excluding tert-OH is 5. The number of rotatable bonds is 27. The summed E-state index contributed by atoms with van der Waals surface area (Å²) in [4.78, 5) is 18.2. The lowest BCUT2D eigenvalue weighted by molar-refractivity contribution is -0.139. The van der Waals surface area contributed by atoms with Crippen molar-refractivity contribution in [3.8, 4) is 0 Å². The van der Waals surface area contributed by atoms with Crippen molar-refractivity contribution in [3.05, 3.63) is 12.2 Å². The van der Waals surface area contributed by atoms with Gasteiger partial charge < -0.3 is 35.3 Å². The number of hydrogen-bond acceptors (Lipinski definition) is 7. The van der Waals surface area contributed by atoms with Crippen LogP contribution in [0.1, 0.15) is 129 Å². The number of phosphoric ester groups is 1. The van der Waals surface area contributed by atoms with Gasteiger partial charge in [-0.25, -0.2) is 4.57 Å². The summed E-state index contributed by atoms with van der Waals surface area (Å²) < 4.78 is 15.9. The van der Waals surface area contributed by atoms with Crippen molar-refractivity contribution < 1.29 is 44.4 Å². The molecule has 0 saturated carbocycles. The van der Waals surface area contributed by atoms with Gasteiger partial charge in [0.1, 0.15) is 24.4 Å². The maximum absolute atomic E-state index is 11.3. The molecule has 0 fully saturated rings. The highest BCUT2D eigenvalue weighted by molar-refractivity contribution is 7.46. The lowest BCUT2D eigenvalue weighted by atomic mass is 9.96. The van der Waals surface area contributed by atoms with Crippen LogP contribution in [0.4, 0.5) is 0 Å². The molecule has 38 heavy (non-hydrogen) atoms. The van der Waals surface area contributed by atoms with Crippen molar-refractivity contribution >= 4 is 7.82 Å². The van der Waals surface area contributed by atoms with Crippen LogP contribution < -0.4 is 0 Å². The molecule has 228 valence electrons. The Morgan fingerprint density at radius 1 is 0.632 bits per heavy atom. The molecule has 7 N–H and O–H groups in total. The van der Waals surface area contributed by atoms with E-state index < -0.39 is 44.9 Å². The van der Waals surface area contributed by atoms with Gasteiger partial charge in [-0.1, -0.05) is 109 Å². The number of phosphoric acid groups is 1. The fourth-order valence-electron chi connectivity index (χ4n) is 4.52. The predicted octanol–water partition coefficient (Wildman–Crippen LogP) is 4.89. The van der Waals surface area contributed by atoms with E-state index in [1.54, 1.807) is 0 Å². The van der Waals surface area contributed by atoms with Gasteiger partial charge in [-0.05, 0) is 32.1 Å². The lowest BCUT2D eigenvalue weighted by Gasteiger charge is -2.31. The third-order valence-corrected chi connectivity index (χ3v) is 7.48. The van der Waals surface area contributed by atoms with Gasteiger partial charge in [0.15, 0.2) is 0 Å². The zero-order valence-electron chi connectivity index (χ0n) is 23.6. The van der Waals surface area contributed by atoms with E-state index >= 15 is 0 Å². The maximum atomic E-state index is 11.3. The van der Waals surface area contributed by atoms with Crippen molar-refractivity contribution in [3.63, 3.8) is 0 Å². The normalized spacial score (nSPS) is 16.5. The highest BCUT2D eigenvalue weighted by atomic mass is 31.2. The van der Waals surface area contributed by atoms with Crippen LogP contribution in [0.2, 0.25) is 0 Å². The molecule has 0 saturated heterocycles. The van der Waals surface area contributed by atoms with E-state index in [4.69, 9.17) is 14.9 Å². The van der Waals surface area contributed by atoms with Gasteiger partial charge >= 0.3 is 7.82 Å². The first-order valence-corrected chi connectivity index (χ1v) is 16.4. The summed E-state index contributed by atoms with van der Waals surface area (Å²) in [5, 5.41) is 48.3. The zero-order chi connectivity index (χ0) is 28.7. The summed E-state index contributed by atoms with van der Waals surface area (Å²) in [7, 11) is -4.94. The molecule has 10 heteroatoms. The SMILES string of the molecule is CCCCCCCCCC=CCCCCCCCCCCCC(OP(=O)(O)O)[C@@H](O)[C@@H](O)[C@H](O)[C@H](O)CO. The lowest BCUT2D eigenvalue weighted by Crippen LogP contribution is -2.50. The minimum Gasteiger partial charge on any atom is -0.394 e. The summed E-state index contributed by atoms with van der Waals surface area (Å²) in [5.41, 5.74) is 0. The highest BCUT2D eigenvalue weighted by Crippen LogP contribution is 2.40. The minimum absolute atomic E-state index is 0.0672. The van der Waals surface area contributed by atoms with E-state index in [-0.39, 0.29) is 6.42 Å². The molecule has 0 spiro atoms. The van der Waals surface area contributed by atoms with Gasteiger partial charge in [0.25, 0.3) is 0 Å². The van der Waals surface area contributed by atoms with Crippen molar-refractivity contribution in [1.29, 1.82) is 0 Å². The Balaban J connectivity index is 3.86. The number of hydrogen-bond donors (Lipinski definition) is 7. The largest absolute Gasteiger partial charge is 0.469 e. The Labute approximate surface area is 230 Å². The molecule has 0 aromatic heterocycles. The molecule has 0 heterocycles.